The van der Waals surface area contributed by atoms with E-state index in [1.807, 2.05) is 17.0 Å². The number of hydrogen-bond acceptors (Lipinski definition) is 2. The lowest BCUT2D eigenvalue weighted by molar-refractivity contribution is -0.138. The van der Waals surface area contributed by atoms with Gasteiger partial charge >= 0.3 is 0 Å². The number of halogens is 3. The van der Waals surface area contributed by atoms with Crippen LogP contribution in [0.1, 0.15) is 44.7 Å². The van der Waals surface area contributed by atoms with E-state index in [2.05, 4.69) is 19.2 Å². The molecule has 1 heterocycles. The topological polar surface area (TPSA) is 32.3 Å². The Kier molecular flexibility index (Phi) is 8.70. The Hall–Kier alpha value is -0.480. The highest BCUT2D eigenvalue weighted by molar-refractivity contribution is 6.42. The quantitative estimate of drug-likeness (QED) is 0.803. The van der Waals surface area contributed by atoms with Gasteiger partial charge < -0.3 is 10.2 Å². The van der Waals surface area contributed by atoms with Crippen LogP contribution >= 0.6 is 35.6 Å². The number of amides is 1. The van der Waals surface area contributed by atoms with Crippen molar-refractivity contribution in [2.75, 3.05) is 19.6 Å². The number of nitrogens with one attached hydrogen (secondary N) is 1. The van der Waals surface area contributed by atoms with Crippen molar-refractivity contribution in [1.82, 2.24) is 10.2 Å². The predicted octanol–water partition coefficient (Wildman–Crippen LogP) is 4.71. The van der Waals surface area contributed by atoms with Gasteiger partial charge in [0.15, 0.2) is 0 Å². The average molecular weight is 380 g/mol. The summed E-state index contributed by atoms with van der Waals surface area (Å²) in [6, 6.07) is 5.64. The van der Waals surface area contributed by atoms with Crippen LogP contribution in [0.15, 0.2) is 18.2 Å². The minimum Gasteiger partial charge on any atom is -0.336 e. The molecule has 1 unspecified atom stereocenters. The molecule has 0 spiro atoms. The maximum absolute atomic E-state index is 12.9. The molecule has 6 heteroatoms. The third kappa shape index (κ3) is 5.25. The summed E-state index contributed by atoms with van der Waals surface area (Å²) in [5.74, 6) is 0.403. The van der Waals surface area contributed by atoms with Crippen LogP contribution in [-0.2, 0) is 4.79 Å². The molecular formula is C17H25Cl3N2O. The van der Waals surface area contributed by atoms with E-state index in [9.17, 15) is 4.79 Å². The zero-order chi connectivity index (χ0) is 16.1. The smallest absolute Gasteiger partial charge is 0.226 e. The van der Waals surface area contributed by atoms with Gasteiger partial charge in [0.05, 0.1) is 16.1 Å². The normalized spacial score (nSPS) is 16.5. The molecule has 130 valence electrons. The van der Waals surface area contributed by atoms with E-state index in [1.54, 1.807) is 6.07 Å². The molecule has 0 radical (unpaired) electrons. The number of benzene rings is 1. The molecule has 3 nitrogen and oxygen atoms in total. The zero-order valence-electron chi connectivity index (χ0n) is 13.6. The van der Waals surface area contributed by atoms with Crippen molar-refractivity contribution in [2.24, 2.45) is 5.92 Å². The Morgan fingerprint density at radius 1 is 1.30 bits per heavy atom. The summed E-state index contributed by atoms with van der Waals surface area (Å²) in [7, 11) is 0. The third-order valence-corrected chi connectivity index (χ3v) is 5.07. The van der Waals surface area contributed by atoms with Gasteiger partial charge in [-0.15, -0.1) is 12.4 Å². The minimum absolute atomic E-state index is 0. The van der Waals surface area contributed by atoms with Crippen molar-refractivity contribution in [1.29, 1.82) is 0 Å². The molecule has 0 aliphatic carbocycles. The van der Waals surface area contributed by atoms with Gasteiger partial charge in [0, 0.05) is 12.5 Å². The molecule has 1 aromatic rings. The molecule has 23 heavy (non-hydrogen) atoms. The Bertz CT molecular complexity index is 519. The second-order valence-electron chi connectivity index (χ2n) is 5.91. The van der Waals surface area contributed by atoms with Crippen LogP contribution < -0.4 is 5.32 Å². The first-order valence-electron chi connectivity index (χ1n) is 8.00. The van der Waals surface area contributed by atoms with Crippen LogP contribution in [0.4, 0.5) is 0 Å². The van der Waals surface area contributed by atoms with Crippen LogP contribution in [0.5, 0.6) is 0 Å². The molecule has 1 N–H and O–H groups in total. The molecule has 0 saturated carbocycles. The van der Waals surface area contributed by atoms with Gasteiger partial charge in [0.1, 0.15) is 0 Å². The number of carbonyl (C=O) groups is 1. The highest BCUT2D eigenvalue weighted by Crippen LogP contribution is 2.30. The lowest BCUT2D eigenvalue weighted by atomic mass is 9.95. The molecule has 0 bridgehead atoms. The van der Waals surface area contributed by atoms with Gasteiger partial charge in [0.2, 0.25) is 5.91 Å². The standard InChI is InChI=1S/C17H24Cl2N2O.ClH/c1-3-10-21(17(22)13-6-8-20-9-7-13)12(2)14-4-5-15(18)16(19)11-14;/h4-5,11-13,20H,3,6-10H2,1-2H3;1H. The van der Waals surface area contributed by atoms with E-state index >= 15 is 0 Å². The maximum Gasteiger partial charge on any atom is 0.226 e. The Labute approximate surface area is 155 Å². The Balaban J connectivity index is 0.00000264. The molecule has 1 fully saturated rings. The number of hydrogen-bond donors (Lipinski definition) is 1. The molecule has 1 aliphatic heterocycles. The predicted molar refractivity (Wildman–Crippen MR) is 99.7 cm³/mol. The second kappa shape index (κ2) is 9.73. The van der Waals surface area contributed by atoms with E-state index in [0.29, 0.717) is 10.0 Å². The number of piperidine rings is 1. The Morgan fingerprint density at radius 3 is 2.52 bits per heavy atom. The summed E-state index contributed by atoms with van der Waals surface area (Å²) in [6.45, 7) is 6.79. The summed E-state index contributed by atoms with van der Waals surface area (Å²) in [5.41, 5.74) is 1.03. The number of nitrogens with zero attached hydrogens (tertiary/aromatic N) is 1. The largest absolute Gasteiger partial charge is 0.336 e. The van der Waals surface area contributed by atoms with Crippen LogP contribution in [0.2, 0.25) is 10.0 Å². The number of carbonyl (C=O) groups excluding carboxylic acids is 1. The van der Waals surface area contributed by atoms with E-state index in [-0.39, 0.29) is 30.3 Å². The van der Waals surface area contributed by atoms with Gasteiger partial charge in [-0.25, -0.2) is 0 Å². The fraction of sp³-hybridized carbons (Fsp3) is 0.588. The van der Waals surface area contributed by atoms with Gasteiger partial charge in [-0.3, -0.25) is 4.79 Å². The lowest BCUT2D eigenvalue weighted by Gasteiger charge is -2.34. The Morgan fingerprint density at radius 2 is 1.96 bits per heavy atom. The average Bonchev–Trinajstić information content (AvgIpc) is 2.55. The van der Waals surface area contributed by atoms with Crippen LogP contribution in [0.3, 0.4) is 0 Å². The molecular weight excluding hydrogens is 355 g/mol. The van der Waals surface area contributed by atoms with Crippen molar-refractivity contribution in [2.45, 2.75) is 39.2 Å². The number of rotatable bonds is 5. The van der Waals surface area contributed by atoms with Crippen molar-refractivity contribution >= 4 is 41.5 Å². The fourth-order valence-corrected chi connectivity index (χ4v) is 3.30. The first kappa shape index (κ1) is 20.6. The third-order valence-electron chi connectivity index (χ3n) is 4.33. The molecule has 0 aromatic heterocycles. The maximum atomic E-state index is 12.9. The van der Waals surface area contributed by atoms with E-state index < -0.39 is 0 Å². The van der Waals surface area contributed by atoms with E-state index in [0.717, 1.165) is 44.5 Å². The monoisotopic (exact) mass is 378 g/mol. The molecule has 1 aromatic carbocycles. The highest BCUT2D eigenvalue weighted by atomic mass is 35.5. The zero-order valence-corrected chi connectivity index (χ0v) is 16.0. The van der Waals surface area contributed by atoms with Crippen LogP contribution in [0.25, 0.3) is 0 Å². The first-order valence-corrected chi connectivity index (χ1v) is 8.76. The highest BCUT2D eigenvalue weighted by Gasteiger charge is 2.29. The van der Waals surface area contributed by atoms with Gasteiger partial charge in [-0.05, 0) is 57.0 Å². The second-order valence-corrected chi connectivity index (χ2v) is 6.72. The molecule has 1 saturated heterocycles. The summed E-state index contributed by atoms with van der Waals surface area (Å²) in [5, 5.41) is 4.40. The van der Waals surface area contributed by atoms with Crippen molar-refractivity contribution < 1.29 is 4.79 Å². The summed E-state index contributed by atoms with van der Waals surface area (Å²) in [6.07, 6.45) is 2.79. The van der Waals surface area contributed by atoms with Gasteiger partial charge in [-0.2, -0.15) is 0 Å². The molecule has 1 aliphatic rings. The fourth-order valence-electron chi connectivity index (χ4n) is 2.99. The summed E-state index contributed by atoms with van der Waals surface area (Å²) in [4.78, 5) is 14.9. The first-order chi connectivity index (χ1) is 10.5. The van der Waals surface area contributed by atoms with E-state index in [4.69, 9.17) is 23.2 Å². The van der Waals surface area contributed by atoms with Crippen LogP contribution in [-0.4, -0.2) is 30.4 Å². The minimum atomic E-state index is 0. The van der Waals surface area contributed by atoms with Gasteiger partial charge in [0.25, 0.3) is 0 Å². The summed E-state index contributed by atoms with van der Waals surface area (Å²) >= 11 is 12.1. The van der Waals surface area contributed by atoms with E-state index in [1.165, 1.54) is 0 Å². The summed E-state index contributed by atoms with van der Waals surface area (Å²) < 4.78 is 0. The molecule has 2 rings (SSSR count). The van der Waals surface area contributed by atoms with Gasteiger partial charge in [-0.1, -0.05) is 36.2 Å². The van der Waals surface area contributed by atoms with Crippen molar-refractivity contribution in [3.05, 3.63) is 33.8 Å². The molecule has 1 amide bonds. The lowest BCUT2D eigenvalue weighted by Crippen LogP contribution is -2.42. The van der Waals surface area contributed by atoms with Crippen molar-refractivity contribution in [3.63, 3.8) is 0 Å². The SMILES string of the molecule is CCCN(C(=O)C1CCNCC1)C(C)c1ccc(Cl)c(Cl)c1.Cl. The molecule has 1 atom stereocenters. The van der Waals surface area contributed by atoms with Crippen molar-refractivity contribution in [3.8, 4) is 0 Å². The van der Waals surface area contributed by atoms with Crippen LogP contribution in [0, 0.1) is 5.92 Å².